The van der Waals surface area contributed by atoms with Gasteiger partial charge < -0.3 is 10.6 Å². The molecule has 0 unspecified atom stereocenters. The highest BCUT2D eigenvalue weighted by molar-refractivity contribution is 5.91. The minimum absolute atomic E-state index is 0.0341. The number of benzene rings is 2. The molecule has 2 rings (SSSR count). The SMILES string of the molecule is N#Cc1ccc(/C=C/C(=O)NCCNc2ccc([N+](=O)[O-])cc2)cc1. The fraction of sp³-hybridized carbons (Fsp3) is 0.111. The predicted octanol–water partition coefficient (Wildman–Crippen LogP) is 2.71. The van der Waals surface area contributed by atoms with Crippen molar-refractivity contribution in [3.63, 3.8) is 0 Å². The molecule has 0 saturated heterocycles. The van der Waals surface area contributed by atoms with E-state index in [0.29, 0.717) is 18.7 Å². The zero-order valence-corrected chi connectivity index (χ0v) is 13.3. The fourth-order valence-electron chi connectivity index (χ4n) is 1.99. The number of anilines is 1. The number of nitro groups is 1. The monoisotopic (exact) mass is 336 g/mol. The van der Waals surface area contributed by atoms with Gasteiger partial charge >= 0.3 is 0 Å². The zero-order valence-electron chi connectivity index (χ0n) is 13.3. The summed E-state index contributed by atoms with van der Waals surface area (Å²) < 4.78 is 0. The van der Waals surface area contributed by atoms with Gasteiger partial charge in [-0.25, -0.2) is 0 Å². The van der Waals surface area contributed by atoms with E-state index in [9.17, 15) is 14.9 Å². The first kappa shape index (κ1) is 17.7. The van der Waals surface area contributed by atoms with Crippen molar-refractivity contribution in [1.29, 1.82) is 5.26 Å². The third-order valence-electron chi connectivity index (χ3n) is 3.30. The average Bonchev–Trinajstić information content (AvgIpc) is 2.64. The number of hydrogen-bond donors (Lipinski definition) is 2. The average molecular weight is 336 g/mol. The van der Waals surface area contributed by atoms with Crippen LogP contribution in [0.15, 0.2) is 54.6 Å². The molecule has 0 fully saturated rings. The molecule has 126 valence electrons. The lowest BCUT2D eigenvalue weighted by atomic mass is 10.1. The van der Waals surface area contributed by atoms with Crippen molar-refractivity contribution in [2.24, 2.45) is 0 Å². The van der Waals surface area contributed by atoms with E-state index in [-0.39, 0.29) is 11.6 Å². The smallest absolute Gasteiger partial charge is 0.269 e. The number of nitriles is 1. The van der Waals surface area contributed by atoms with Gasteiger partial charge in [0.25, 0.3) is 5.69 Å². The molecule has 2 aromatic rings. The molecule has 7 heteroatoms. The molecule has 0 radical (unpaired) electrons. The molecule has 7 nitrogen and oxygen atoms in total. The van der Waals surface area contributed by atoms with Gasteiger partial charge in [-0.05, 0) is 35.9 Å². The Balaban J connectivity index is 1.72. The van der Waals surface area contributed by atoms with Crippen molar-refractivity contribution in [1.82, 2.24) is 5.32 Å². The molecule has 0 aliphatic carbocycles. The lowest BCUT2D eigenvalue weighted by Crippen LogP contribution is -2.27. The lowest BCUT2D eigenvalue weighted by Gasteiger charge is -2.06. The number of amides is 1. The van der Waals surface area contributed by atoms with Crippen LogP contribution in [0.4, 0.5) is 11.4 Å². The van der Waals surface area contributed by atoms with E-state index < -0.39 is 4.92 Å². The quantitative estimate of drug-likeness (QED) is 0.350. The minimum atomic E-state index is -0.454. The summed E-state index contributed by atoms with van der Waals surface area (Å²) in [6, 6.07) is 15.0. The van der Waals surface area contributed by atoms with E-state index in [1.807, 2.05) is 6.07 Å². The molecule has 0 atom stereocenters. The van der Waals surface area contributed by atoms with Crippen LogP contribution in [0.2, 0.25) is 0 Å². The maximum Gasteiger partial charge on any atom is 0.269 e. The van der Waals surface area contributed by atoms with Gasteiger partial charge in [0.05, 0.1) is 16.6 Å². The Kier molecular flexibility index (Phi) is 6.25. The van der Waals surface area contributed by atoms with Crippen molar-refractivity contribution >= 4 is 23.4 Å². The summed E-state index contributed by atoms with van der Waals surface area (Å²) in [5, 5.41) is 25.1. The summed E-state index contributed by atoms with van der Waals surface area (Å²) in [7, 11) is 0. The normalized spacial score (nSPS) is 10.2. The number of nitrogens with zero attached hydrogens (tertiary/aromatic N) is 2. The maximum atomic E-state index is 11.7. The summed E-state index contributed by atoms with van der Waals surface area (Å²) in [6.07, 6.45) is 3.09. The molecule has 0 heterocycles. The Morgan fingerprint density at radius 2 is 1.80 bits per heavy atom. The molecular formula is C18H16N4O3. The zero-order chi connectivity index (χ0) is 18.1. The van der Waals surface area contributed by atoms with Crippen molar-refractivity contribution in [3.05, 3.63) is 75.8 Å². The summed E-state index contributed by atoms with van der Waals surface area (Å²) in [6.45, 7) is 0.905. The van der Waals surface area contributed by atoms with Crippen LogP contribution in [0.25, 0.3) is 6.08 Å². The van der Waals surface area contributed by atoms with Gasteiger partial charge in [-0.15, -0.1) is 0 Å². The minimum Gasteiger partial charge on any atom is -0.383 e. The second-order valence-corrected chi connectivity index (χ2v) is 5.09. The summed E-state index contributed by atoms with van der Waals surface area (Å²) in [5.41, 5.74) is 2.18. The van der Waals surface area contributed by atoms with Gasteiger partial charge in [0, 0.05) is 37.0 Å². The lowest BCUT2D eigenvalue weighted by molar-refractivity contribution is -0.384. The van der Waals surface area contributed by atoms with E-state index in [2.05, 4.69) is 10.6 Å². The predicted molar refractivity (Wildman–Crippen MR) is 94.8 cm³/mol. The number of rotatable bonds is 7. The highest BCUT2D eigenvalue weighted by Gasteiger charge is 2.03. The Morgan fingerprint density at radius 1 is 1.12 bits per heavy atom. The maximum absolute atomic E-state index is 11.7. The van der Waals surface area contributed by atoms with E-state index in [0.717, 1.165) is 11.3 Å². The second-order valence-electron chi connectivity index (χ2n) is 5.09. The Bertz CT molecular complexity index is 806. The van der Waals surface area contributed by atoms with E-state index in [4.69, 9.17) is 5.26 Å². The molecule has 0 aliphatic rings. The topological polar surface area (TPSA) is 108 Å². The molecule has 0 saturated carbocycles. The summed E-state index contributed by atoms with van der Waals surface area (Å²) >= 11 is 0. The fourth-order valence-corrected chi connectivity index (χ4v) is 1.99. The van der Waals surface area contributed by atoms with Gasteiger partial charge in [0.15, 0.2) is 0 Å². The first-order chi connectivity index (χ1) is 12.1. The molecule has 0 aromatic heterocycles. The first-order valence-corrected chi connectivity index (χ1v) is 7.53. The van der Waals surface area contributed by atoms with Crippen LogP contribution in [0.5, 0.6) is 0 Å². The second kappa shape index (κ2) is 8.84. The number of non-ortho nitro benzene ring substituents is 1. The first-order valence-electron chi connectivity index (χ1n) is 7.53. The Hall–Kier alpha value is -3.66. The van der Waals surface area contributed by atoms with E-state index in [1.165, 1.54) is 18.2 Å². The molecule has 2 N–H and O–H groups in total. The van der Waals surface area contributed by atoms with E-state index in [1.54, 1.807) is 42.5 Å². The van der Waals surface area contributed by atoms with Gasteiger partial charge in [-0.3, -0.25) is 14.9 Å². The van der Waals surface area contributed by atoms with Crippen molar-refractivity contribution in [2.45, 2.75) is 0 Å². The highest BCUT2D eigenvalue weighted by Crippen LogP contribution is 2.14. The number of carbonyl (C=O) groups is 1. The molecule has 1 amide bonds. The Morgan fingerprint density at radius 3 is 2.40 bits per heavy atom. The van der Waals surface area contributed by atoms with Crippen LogP contribution in [-0.2, 0) is 4.79 Å². The van der Waals surface area contributed by atoms with E-state index >= 15 is 0 Å². The highest BCUT2D eigenvalue weighted by atomic mass is 16.6. The van der Waals surface area contributed by atoms with Gasteiger partial charge in [-0.1, -0.05) is 12.1 Å². The van der Waals surface area contributed by atoms with Crippen molar-refractivity contribution in [3.8, 4) is 6.07 Å². The van der Waals surface area contributed by atoms with Gasteiger partial charge in [-0.2, -0.15) is 5.26 Å². The summed E-state index contributed by atoms with van der Waals surface area (Å²) in [4.78, 5) is 21.8. The largest absolute Gasteiger partial charge is 0.383 e. The van der Waals surface area contributed by atoms with Crippen LogP contribution in [0.3, 0.4) is 0 Å². The van der Waals surface area contributed by atoms with Crippen molar-refractivity contribution < 1.29 is 9.72 Å². The number of nitro benzene ring substituents is 1. The Labute approximate surface area is 144 Å². The van der Waals surface area contributed by atoms with Crippen LogP contribution >= 0.6 is 0 Å². The number of nitrogens with one attached hydrogen (secondary N) is 2. The molecule has 25 heavy (non-hydrogen) atoms. The molecule has 0 aliphatic heterocycles. The third kappa shape index (κ3) is 5.80. The molecule has 0 spiro atoms. The molecule has 2 aromatic carbocycles. The van der Waals surface area contributed by atoms with Crippen LogP contribution in [0, 0.1) is 21.4 Å². The van der Waals surface area contributed by atoms with Gasteiger partial charge in [0.2, 0.25) is 5.91 Å². The van der Waals surface area contributed by atoms with Gasteiger partial charge in [0.1, 0.15) is 0 Å². The van der Waals surface area contributed by atoms with Crippen molar-refractivity contribution in [2.75, 3.05) is 18.4 Å². The van der Waals surface area contributed by atoms with Crippen LogP contribution in [-0.4, -0.2) is 23.9 Å². The number of hydrogen-bond acceptors (Lipinski definition) is 5. The van der Waals surface area contributed by atoms with Crippen LogP contribution < -0.4 is 10.6 Å². The molecular weight excluding hydrogens is 320 g/mol. The molecule has 0 bridgehead atoms. The van der Waals surface area contributed by atoms with Crippen LogP contribution in [0.1, 0.15) is 11.1 Å². The summed E-state index contributed by atoms with van der Waals surface area (Å²) in [5.74, 6) is -0.227. The number of carbonyl (C=O) groups excluding carboxylic acids is 1. The standard InChI is InChI=1S/C18H16N4O3/c19-13-15-3-1-14(2-4-15)5-10-18(23)21-12-11-20-16-6-8-17(9-7-16)22(24)25/h1-10,20H,11-12H2,(H,21,23)/b10-5+. The third-order valence-corrected chi connectivity index (χ3v) is 3.30.